The summed E-state index contributed by atoms with van der Waals surface area (Å²) in [6.07, 6.45) is 4.09. The van der Waals surface area contributed by atoms with Crippen LogP contribution in [0.5, 0.6) is 5.75 Å². The predicted molar refractivity (Wildman–Crippen MR) is 94.1 cm³/mol. The third-order valence-electron chi connectivity index (χ3n) is 5.86. The van der Waals surface area contributed by atoms with E-state index in [0.29, 0.717) is 0 Å². The minimum Gasteiger partial charge on any atom is -0.505 e. The standard InChI is InChI=1S/C20H21ClFNO/c1-23-10-7-13-11-17(22)18(24)12-14(13)19(23)20(8-4-9-20)15-5-2-3-6-16(15)21/h2-3,5-6,11-12,19,24H,4,7-10H2,1H3. The van der Waals surface area contributed by atoms with Gasteiger partial charge < -0.3 is 5.11 Å². The molecule has 1 N–H and O–H groups in total. The number of hydrogen-bond acceptors (Lipinski definition) is 2. The highest BCUT2D eigenvalue weighted by Crippen LogP contribution is 2.57. The fourth-order valence-corrected chi connectivity index (χ4v) is 4.91. The third-order valence-corrected chi connectivity index (χ3v) is 6.19. The fourth-order valence-electron chi connectivity index (χ4n) is 4.59. The molecular formula is C20H21ClFNO. The number of nitrogens with zero attached hydrogens (tertiary/aromatic N) is 1. The second-order valence-electron chi connectivity index (χ2n) is 7.13. The van der Waals surface area contributed by atoms with Gasteiger partial charge in [-0.25, -0.2) is 4.39 Å². The summed E-state index contributed by atoms with van der Waals surface area (Å²) < 4.78 is 13.8. The average Bonchev–Trinajstić information content (AvgIpc) is 2.52. The van der Waals surface area contributed by atoms with Crippen LogP contribution in [0.3, 0.4) is 0 Å². The van der Waals surface area contributed by atoms with Gasteiger partial charge >= 0.3 is 0 Å². The van der Waals surface area contributed by atoms with Crippen LogP contribution in [0.25, 0.3) is 0 Å². The predicted octanol–water partition coefficient (Wildman–Crippen LogP) is 4.84. The van der Waals surface area contributed by atoms with Gasteiger partial charge in [-0.15, -0.1) is 0 Å². The van der Waals surface area contributed by atoms with Gasteiger partial charge in [0.15, 0.2) is 11.6 Å². The molecule has 24 heavy (non-hydrogen) atoms. The first-order valence-corrected chi connectivity index (χ1v) is 8.87. The van der Waals surface area contributed by atoms with Crippen LogP contribution in [0.2, 0.25) is 5.02 Å². The number of fused-ring (bicyclic) bond motifs is 1. The van der Waals surface area contributed by atoms with Crippen molar-refractivity contribution in [3.8, 4) is 5.75 Å². The molecule has 1 heterocycles. The van der Waals surface area contributed by atoms with Crippen LogP contribution in [-0.2, 0) is 11.8 Å². The van der Waals surface area contributed by atoms with Gasteiger partial charge in [0.25, 0.3) is 0 Å². The molecule has 4 heteroatoms. The lowest BCUT2D eigenvalue weighted by Gasteiger charge is -2.53. The van der Waals surface area contributed by atoms with E-state index in [9.17, 15) is 9.50 Å². The normalized spacial score (nSPS) is 22.7. The molecule has 126 valence electrons. The van der Waals surface area contributed by atoms with Crippen molar-refractivity contribution in [3.05, 3.63) is 63.9 Å². The Labute approximate surface area is 146 Å². The lowest BCUT2D eigenvalue weighted by Crippen LogP contribution is -2.50. The van der Waals surface area contributed by atoms with Crippen molar-refractivity contribution in [1.82, 2.24) is 4.90 Å². The minimum absolute atomic E-state index is 0.0630. The second kappa shape index (κ2) is 5.75. The zero-order valence-electron chi connectivity index (χ0n) is 13.7. The van der Waals surface area contributed by atoms with E-state index in [0.717, 1.165) is 48.4 Å². The van der Waals surface area contributed by atoms with E-state index in [-0.39, 0.29) is 17.2 Å². The molecule has 0 bridgehead atoms. The molecule has 1 saturated carbocycles. The van der Waals surface area contributed by atoms with Gasteiger partial charge in [-0.3, -0.25) is 4.90 Å². The molecule has 0 radical (unpaired) electrons. The lowest BCUT2D eigenvalue weighted by molar-refractivity contribution is 0.0715. The summed E-state index contributed by atoms with van der Waals surface area (Å²) in [6.45, 7) is 0.883. The van der Waals surface area contributed by atoms with Crippen molar-refractivity contribution in [3.63, 3.8) is 0 Å². The molecule has 0 amide bonds. The summed E-state index contributed by atoms with van der Waals surface area (Å²) in [7, 11) is 2.12. The average molecular weight is 346 g/mol. The molecular weight excluding hydrogens is 325 g/mol. The van der Waals surface area contributed by atoms with E-state index in [4.69, 9.17) is 11.6 Å². The number of benzene rings is 2. The van der Waals surface area contributed by atoms with Crippen molar-refractivity contribution < 1.29 is 9.50 Å². The molecule has 2 nitrogen and oxygen atoms in total. The number of halogens is 2. The van der Waals surface area contributed by atoms with Crippen molar-refractivity contribution in [1.29, 1.82) is 0 Å². The van der Waals surface area contributed by atoms with Crippen LogP contribution in [0.15, 0.2) is 36.4 Å². The van der Waals surface area contributed by atoms with E-state index in [2.05, 4.69) is 18.0 Å². The van der Waals surface area contributed by atoms with Gasteiger partial charge in [0, 0.05) is 23.0 Å². The van der Waals surface area contributed by atoms with E-state index in [1.54, 1.807) is 6.07 Å². The van der Waals surface area contributed by atoms with Gasteiger partial charge in [0.1, 0.15) is 0 Å². The Morgan fingerprint density at radius 3 is 2.67 bits per heavy atom. The van der Waals surface area contributed by atoms with E-state index < -0.39 is 5.82 Å². The maximum absolute atomic E-state index is 13.8. The number of phenolic OH excluding ortho intramolecular Hbond substituents is 1. The molecule has 1 aliphatic carbocycles. The zero-order valence-corrected chi connectivity index (χ0v) is 14.5. The van der Waals surface area contributed by atoms with Crippen LogP contribution >= 0.6 is 11.6 Å². The summed E-state index contributed by atoms with van der Waals surface area (Å²) in [6, 6.07) is 11.3. The maximum Gasteiger partial charge on any atom is 0.165 e. The molecule has 4 rings (SSSR count). The van der Waals surface area contributed by atoms with Gasteiger partial charge in [-0.2, -0.15) is 0 Å². The van der Waals surface area contributed by atoms with Gasteiger partial charge in [0.05, 0.1) is 0 Å². The highest BCUT2D eigenvalue weighted by molar-refractivity contribution is 6.31. The molecule has 1 atom stereocenters. The van der Waals surface area contributed by atoms with E-state index in [1.807, 2.05) is 18.2 Å². The number of aromatic hydroxyl groups is 1. The second-order valence-corrected chi connectivity index (χ2v) is 7.53. The Hall–Kier alpha value is -1.58. The Morgan fingerprint density at radius 1 is 1.25 bits per heavy atom. The number of phenols is 1. The summed E-state index contributed by atoms with van der Waals surface area (Å²) >= 11 is 6.54. The van der Waals surface area contributed by atoms with Crippen molar-refractivity contribution in [2.45, 2.75) is 37.1 Å². The molecule has 0 aromatic heterocycles. The summed E-state index contributed by atoms with van der Waals surface area (Å²) in [5, 5.41) is 10.7. The third kappa shape index (κ3) is 2.26. The molecule has 2 aromatic rings. The topological polar surface area (TPSA) is 23.5 Å². The molecule has 1 unspecified atom stereocenters. The first-order chi connectivity index (χ1) is 11.5. The molecule has 0 saturated heterocycles. The van der Waals surface area contributed by atoms with Crippen LogP contribution in [0.1, 0.15) is 42.0 Å². The Bertz CT molecular complexity index is 787. The zero-order chi connectivity index (χ0) is 16.9. The Balaban J connectivity index is 1.89. The maximum atomic E-state index is 13.8. The van der Waals surface area contributed by atoms with Crippen LogP contribution in [0, 0.1) is 5.82 Å². The van der Waals surface area contributed by atoms with Crippen molar-refractivity contribution in [2.24, 2.45) is 0 Å². The SMILES string of the molecule is CN1CCc2cc(F)c(O)cc2C1C1(c2ccccc2Cl)CCC1. The number of rotatable bonds is 2. The number of likely N-dealkylation sites (N-methyl/N-ethyl adjacent to an activating group) is 1. The highest BCUT2D eigenvalue weighted by atomic mass is 35.5. The first-order valence-electron chi connectivity index (χ1n) is 8.49. The lowest BCUT2D eigenvalue weighted by atomic mass is 9.57. The monoisotopic (exact) mass is 345 g/mol. The van der Waals surface area contributed by atoms with Crippen LogP contribution in [0.4, 0.5) is 4.39 Å². The fraction of sp³-hybridized carbons (Fsp3) is 0.400. The first kappa shape index (κ1) is 15.9. The Kier molecular flexibility index (Phi) is 3.81. The molecule has 1 aliphatic heterocycles. The quantitative estimate of drug-likeness (QED) is 0.842. The molecule has 1 fully saturated rings. The molecule has 0 spiro atoms. The van der Waals surface area contributed by atoms with Gasteiger partial charge in [-0.05, 0) is 61.2 Å². The van der Waals surface area contributed by atoms with Gasteiger partial charge in [-0.1, -0.05) is 36.2 Å². The van der Waals surface area contributed by atoms with E-state index >= 15 is 0 Å². The van der Waals surface area contributed by atoms with Crippen LogP contribution < -0.4 is 0 Å². The number of hydrogen-bond donors (Lipinski definition) is 1. The molecule has 2 aromatic carbocycles. The van der Waals surface area contributed by atoms with Crippen molar-refractivity contribution in [2.75, 3.05) is 13.6 Å². The summed E-state index contributed by atoms with van der Waals surface area (Å²) in [5.41, 5.74) is 3.16. The Morgan fingerprint density at radius 2 is 2.00 bits per heavy atom. The van der Waals surface area contributed by atoms with Crippen molar-refractivity contribution >= 4 is 11.6 Å². The smallest absolute Gasteiger partial charge is 0.165 e. The van der Waals surface area contributed by atoms with Crippen LogP contribution in [-0.4, -0.2) is 23.6 Å². The van der Waals surface area contributed by atoms with Gasteiger partial charge in [0.2, 0.25) is 0 Å². The minimum atomic E-state index is -0.530. The van der Waals surface area contributed by atoms with E-state index in [1.165, 1.54) is 11.6 Å². The molecule has 2 aliphatic rings. The highest BCUT2D eigenvalue weighted by Gasteiger charge is 2.50. The summed E-state index contributed by atoms with van der Waals surface area (Å²) in [4.78, 5) is 2.34. The summed E-state index contributed by atoms with van der Waals surface area (Å²) in [5.74, 6) is -0.792. The largest absolute Gasteiger partial charge is 0.505 e.